The molecular weight excluding hydrogens is 278 g/mol. The summed E-state index contributed by atoms with van der Waals surface area (Å²) in [6.45, 7) is 0. The molecule has 0 spiro atoms. The second-order valence-corrected chi connectivity index (χ2v) is 4.83. The van der Waals surface area contributed by atoms with E-state index in [1.165, 1.54) is 0 Å². The van der Waals surface area contributed by atoms with Gasteiger partial charge in [0, 0.05) is 10.9 Å². The van der Waals surface area contributed by atoms with Crippen LogP contribution in [0.4, 0.5) is 0 Å². The van der Waals surface area contributed by atoms with Crippen molar-refractivity contribution in [2.75, 3.05) is 21.3 Å². The maximum absolute atomic E-state index is 5.44. The van der Waals surface area contributed by atoms with Gasteiger partial charge in [-0.1, -0.05) is 6.07 Å². The third-order valence-corrected chi connectivity index (χ3v) is 3.58. The Hall–Kier alpha value is -2.75. The molecule has 0 atom stereocenters. The molecule has 0 saturated carbocycles. The molecule has 0 fully saturated rings. The Balaban J connectivity index is 2.14. The Kier molecular flexibility index (Phi) is 3.83. The quantitative estimate of drug-likeness (QED) is 0.731. The summed E-state index contributed by atoms with van der Waals surface area (Å²) in [5, 5.41) is 1.98. The van der Waals surface area contributed by atoms with E-state index in [2.05, 4.69) is 4.98 Å². The van der Waals surface area contributed by atoms with Crippen LogP contribution in [0.2, 0.25) is 0 Å². The molecule has 4 nitrogen and oxygen atoms in total. The molecule has 112 valence electrons. The van der Waals surface area contributed by atoms with Gasteiger partial charge in [0.25, 0.3) is 0 Å². The molecule has 2 aromatic carbocycles. The highest BCUT2D eigenvalue weighted by Crippen LogP contribution is 2.32. The van der Waals surface area contributed by atoms with Crippen molar-refractivity contribution in [3.05, 3.63) is 48.5 Å². The van der Waals surface area contributed by atoms with Gasteiger partial charge in [-0.2, -0.15) is 0 Å². The number of hydrogen-bond donors (Lipinski definition) is 0. The number of nitrogens with zero attached hydrogens (tertiary/aromatic N) is 1. The van der Waals surface area contributed by atoms with Gasteiger partial charge in [-0.3, -0.25) is 0 Å². The fourth-order valence-electron chi connectivity index (χ4n) is 2.39. The second kappa shape index (κ2) is 5.93. The number of benzene rings is 2. The van der Waals surface area contributed by atoms with Crippen LogP contribution in [0.25, 0.3) is 22.0 Å². The molecule has 3 aromatic rings. The van der Waals surface area contributed by atoms with Crippen molar-refractivity contribution >= 4 is 10.8 Å². The van der Waals surface area contributed by atoms with Crippen molar-refractivity contribution in [1.82, 2.24) is 4.98 Å². The summed E-state index contributed by atoms with van der Waals surface area (Å²) in [7, 11) is 4.92. The summed E-state index contributed by atoms with van der Waals surface area (Å²) in [5.41, 5.74) is 1.87. The minimum atomic E-state index is 0.585. The fourth-order valence-corrected chi connectivity index (χ4v) is 2.39. The molecule has 3 rings (SSSR count). The van der Waals surface area contributed by atoms with Gasteiger partial charge in [0.05, 0.1) is 27.0 Å². The molecule has 0 radical (unpaired) electrons. The summed E-state index contributed by atoms with van der Waals surface area (Å²) in [5.74, 6) is 2.19. The van der Waals surface area contributed by atoms with Crippen LogP contribution in [0, 0.1) is 0 Å². The van der Waals surface area contributed by atoms with Crippen molar-refractivity contribution in [3.63, 3.8) is 0 Å². The minimum Gasteiger partial charge on any atom is -0.497 e. The zero-order valence-electron chi connectivity index (χ0n) is 12.8. The van der Waals surface area contributed by atoms with E-state index in [0.717, 1.165) is 33.5 Å². The van der Waals surface area contributed by atoms with E-state index >= 15 is 0 Å². The van der Waals surface area contributed by atoms with Crippen LogP contribution in [0.3, 0.4) is 0 Å². The lowest BCUT2D eigenvalue weighted by Crippen LogP contribution is -1.93. The Morgan fingerprint density at radius 3 is 2.05 bits per heavy atom. The average Bonchev–Trinajstić information content (AvgIpc) is 2.60. The molecule has 1 heterocycles. The highest BCUT2D eigenvalue weighted by atomic mass is 16.5. The molecule has 0 aliphatic carbocycles. The molecule has 0 amide bonds. The molecule has 4 heteroatoms. The van der Waals surface area contributed by atoms with Crippen LogP contribution >= 0.6 is 0 Å². The van der Waals surface area contributed by atoms with Crippen LogP contribution in [0.15, 0.2) is 48.5 Å². The standard InChI is InChI=1S/C18H17NO3/c1-20-14-7-4-12(5-8-14)17-10-13-6-9-15(21-2)11-16(13)18(19-17)22-3/h4-11H,1-3H3. The summed E-state index contributed by atoms with van der Waals surface area (Å²) in [4.78, 5) is 4.60. The Morgan fingerprint density at radius 1 is 0.727 bits per heavy atom. The average molecular weight is 295 g/mol. The Labute approximate surface area is 129 Å². The number of aromatic nitrogens is 1. The van der Waals surface area contributed by atoms with Crippen LogP contribution in [-0.4, -0.2) is 26.3 Å². The first-order valence-corrected chi connectivity index (χ1v) is 6.92. The summed E-state index contributed by atoms with van der Waals surface area (Å²) in [6, 6.07) is 15.7. The van der Waals surface area contributed by atoms with Crippen LogP contribution in [0.1, 0.15) is 0 Å². The van der Waals surface area contributed by atoms with E-state index in [0.29, 0.717) is 5.88 Å². The molecular formula is C18H17NO3. The smallest absolute Gasteiger partial charge is 0.221 e. The number of methoxy groups -OCH3 is 3. The van der Waals surface area contributed by atoms with E-state index in [-0.39, 0.29) is 0 Å². The number of rotatable bonds is 4. The van der Waals surface area contributed by atoms with Gasteiger partial charge in [0.2, 0.25) is 5.88 Å². The van der Waals surface area contributed by atoms with Crippen LogP contribution in [-0.2, 0) is 0 Å². The number of hydrogen-bond acceptors (Lipinski definition) is 4. The largest absolute Gasteiger partial charge is 0.497 e. The highest BCUT2D eigenvalue weighted by molar-refractivity contribution is 5.91. The lowest BCUT2D eigenvalue weighted by molar-refractivity contribution is 0.402. The number of ether oxygens (including phenoxy) is 3. The normalized spacial score (nSPS) is 10.5. The molecule has 22 heavy (non-hydrogen) atoms. The molecule has 0 saturated heterocycles. The Morgan fingerprint density at radius 2 is 1.41 bits per heavy atom. The van der Waals surface area contributed by atoms with E-state index < -0.39 is 0 Å². The monoisotopic (exact) mass is 295 g/mol. The van der Waals surface area contributed by atoms with Gasteiger partial charge in [-0.05, 0) is 47.9 Å². The van der Waals surface area contributed by atoms with Gasteiger partial charge >= 0.3 is 0 Å². The molecule has 1 aromatic heterocycles. The van der Waals surface area contributed by atoms with Crippen molar-refractivity contribution < 1.29 is 14.2 Å². The highest BCUT2D eigenvalue weighted by Gasteiger charge is 2.09. The lowest BCUT2D eigenvalue weighted by Gasteiger charge is -2.10. The predicted octanol–water partition coefficient (Wildman–Crippen LogP) is 3.93. The summed E-state index contributed by atoms with van der Waals surface area (Å²) >= 11 is 0. The van der Waals surface area contributed by atoms with E-state index in [1.807, 2.05) is 48.5 Å². The Bertz CT molecular complexity index is 797. The van der Waals surface area contributed by atoms with Gasteiger partial charge in [0.15, 0.2) is 0 Å². The van der Waals surface area contributed by atoms with Crippen LogP contribution in [0.5, 0.6) is 17.4 Å². The summed E-state index contributed by atoms with van der Waals surface area (Å²) < 4.78 is 15.9. The molecule has 0 bridgehead atoms. The van der Waals surface area contributed by atoms with E-state index in [9.17, 15) is 0 Å². The lowest BCUT2D eigenvalue weighted by atomic mass is 10.1. The zero-order chi connectivity index (χ0) is 15.5. The number of fused-ring (bicyclic) bond motifs is 1. The SMILES string of the molecule is COc1ccc(-c2cc3ccc(OC)cc3c(OC)n2)cc1. The van der Waals surface area contributed by atoms with Crippen molar-refractivity contribution in [2.24, 2.45) is 0 Å². The maximum Gasteiger partial charge on any atom is 0.221 e. The van der Waals surface area contributed by atoms with E-state index in [4.69, 9.17) is 14.2 Å². The first-order valence-electron chi connectivity index (χ1n) is 6.92. The molecule has 0 N–H and O–H groups in total. The fraction of sp³-hybridized carbons (Fsp3) is 0.167. The van der Waals surface area contributed by atoms with Crippen LogP contribution < -0.4 is 14.2 Å². The minimum absolute atomic E-state index is 0.585. The van der Waals surface area contributed by atoms with Crippen molar-refractivity contribution in [3.8, 4) is 28.6 Å². The summed E-state index contributed by atoms with van der Waals surface area (Å²) in [6.07, 6.45) is 0. The van der Waals surface area contributed by atoms with Crippen molar-refractivity contribution in [1.29, 1.82) is 0 Å². The topological polar surface area (TPSA) is 40.6 Å². The van der Waals surface area contributed by atoms with Gasteiger partial charge in [-0.15, -0.1) is 0 Å². The molecule has 0 unspecified atom stereocenters. The third-order valence-electron chi connectivity index (χ3n) is 3.58. The predicted molar refractivity (Wildman–Crippen MR) is 86.8 cm³/mol. The van der Waals surface area contributed by atoms with Gasteiger partial charge in [-0.25, -0.2) is 4.98 Å². The first-order chi connectivity index (χ1) is 10.7. The second-order valence-electron chi connectivity index (χ2n) is 4.83. The molecule has 0 aliphatic rings. The van der Waals surface area contributed by atoms with Gasteiger partial charge in [0.1, 0.15) is 11.5 Å². The molecule has 0 aliphatic heterocycles. The zero-order valence-corrected chi connectivity index (χ0v) is 12.8. The third kappa shape index (κ3) is 2.55. The number of pyridine rings is 1. The van der Waals surface area contributed by atoms with E-state index in [1.54, 1.807) is 21.3 Å². The maximum atomic E-state index is 5.44. The first kappa shape index (κ1) is 14.2. The van der Waals surface area contributed by atoms with Crippen molar-refractivity contribution in [2.45, 2.75) is 0 Å². The van der Waals surface area contributed by atoms with Gasteiger partial charge < -0.3 is 14.2 Å².